The minimum atomic E-state index is -1.99. The van der Waals surface area contributed by atoms with Crippen LogP contribution in [-0.2, 0) is 39.8 Å². The molecule has 1 amide bonds. The van der Waals surface area contributed by atoms with E-state index in [1.165, 1.54) is 24.3 Å². The molecule has 2 fully saturated rings. The van der Waals surface area contributed by atoms with Crippen molar-refractivity contribution in [2.24, 2.45) is 0 Å². The summed E-state index contributed by atoms with van der Waals surface area (Å²) in [6, 6.07) is 23.0. The van der Waals surface area contributed by atoms with Gasteiger partial charge in [0.25, 0.3) is 0 Å². The van der Waals surface area contributed by atoms with Gasteiger partial charge in [-0.1, -0.05) is 102 Å². The predicted octanol–water partition coefficient (Wildman–Crippen LogP) is 2.66. The number of esters is 2. The largest absolute Gasteiger partial charge is 0.452 e. The number of alkyl carbamates (subject to hydrolysis) is 1. The van der Waals surface area contributed by atoms with E-state index in [1.807, 2.05) is 18.2 Å². The third kappa shape index (κ3) is 11.2. The average molecular weight is 815 g/mol. The van der Waals surface area contributed by atoms with E-state index in [9.17, 15) is 34.8 Å². The molecule has 292 valence electrons. The van der Waals surface area contributed by atoms with Gasteiger partial charge in [-0.25, -0.2) is 14.4 Å². The number of benzene rings is 3. The summed E-state index contributed by atoms with van der Waals surface area (Å²) in [7, 11) is 0. The highest BCUT2D eigenvalue weighted by Gasteiger charge is 2.54. The van der Waals surface area contributed by atoms with E-state index in [-0.39, 0.29) is 24.3 Å². The van der Waals surface area contributed by atoms with E-state index < -0.39 is 96.4 Å². The van der Waals surface area contributed by atoms with Crippen LogP contribution in [0.1, 0.15) is 26.3 Å². The molecule has 3 aromatic carbocycles. The summed E-state index contributed by atoms with van der Waals surface area (Å²) in [5.41, 5.74) is 0.968. The van der Waals surface area contributed by atoms with Crippen LogP contribution in [0.5, 0.6) is 0 Å². The Morgan fingerprint density at radius 1 is 0.722 bits per heavy atom. The molecule has 54 heavy (non-hydrogen) atoms. The number of aliphatic hydroxyl groups is 4. The van der Waals surface area contributed by atoms with Gasteiger partial charge in [-0.2, -0.15) is 0 Å². The third-order valence-corrected chi connectivity index (χ3v) is 8.66. The summed E-state index contributed by atoms with van der Waals surface area (Å²) < 4.78 is 38.6. The Labute approximate surface area is 324 Å². The van der Waals surface area contributed by atoms with Crippen LogP contribution in [0.15, 0.2) is 91.0 Å². The lowest BCUT2D eigenvalue weighted by atomic mass is 9.95. The van der Waals surface area contributed by atoms with Crippen molar-refractivity contribution >= 4 is 52.8 Å². The molecule has 3 aromatic rings. The fraction of sp³-hybridized carbons (Fsp3) is 0.417. The molecule has 10 atom stereocenters. The summed E-state index contributed by atoms with van der Waals surface area (Å²) in [5.74, 6) is -1.82. The number of nitrogens with one attached hydrogen (secondary N) is 1. The Balaban J connectivity index is 1.51. The smallest absolute Gasteiger partial charge is 0.407 e. The Bertz CT molecular complexity index is 1650. The fourth-order valence-corrected chi connectivity index (χ4v) is 5.85. The Hall–Kier alpha value is -3.58. The van der Waals surface area contributed by atoms with E-state index in [2.05, 4.69) is 5.32 Å². The number of hydrogen-bond donors (Lipinski definition) is 5. The molecule has 0 radical (unpaired) electrons. The third-order valence-electron chi connectivity index (χ3n) is 8.33. The van der Waals surface area contributed by atoms with Crippen LogP contribution in [0, 0.1) is 0 Å². The van der Waals surface area contributed by atoms with E-state index in [1.54, 1.807) is 48.5 Å². The van der Waals surface area contributed by atoms with Gasteiger partial charge in [-0.3, -0.25) is 0 Å². The molecule has 0 unspecified atom stereocenters. The maximum absolute atomic E-state index is 13.6. The van der Waals surface area contributed by atoms with Crippen molar-refractivity contribution in [2.75, 3.05) is 19.8 Å². The molecule has 15 nitrogen and oxygen atoms in total. The first-order valence-electron chi connectivity index (χ1n) is 16.6. The minimum Gasteiger partial charge on any atom is -0.452 e. The normalized spacial score (nSPS) is 28.4. The zero-order valence-corrected chi connectivity index (χ0v) is 30.5. The molecule has 0 aromatic heterocycles. The number of ether oxygens (including phenoxy) is 7. The van der Waals surface area contributed by atoms with E-state index in [0.717, 1.165) is 5.56 Å². The van der Waals surface area contributed by atoms with Crippen LogP contribution in [0.3, 0.4) is 0 Å². The van der Waals surface area contributed by atoms with Crippen LogP contribution in [0.2, 0.25) is 0 Å². The number of amides is 1. The number of carbonyl (C=O) groups is 3. The predicted molar refractivity (Wildman–Crippen MR) is 189 cm³/mol. The van der Waals surface area contributed by atoms with Crippen LogP contribution in [0.4, 0.5) is 4.79 Å². The van der Waals surface area contributed by atoms with Gasteiger partial charge in [0, 0.05) is 0 Å². The minimum absolute atomic E-state index is 0.0705. The van der Waals surface area contributed by atoms with Gasteiger partial charge in [0.2, 0.25) is 3.79 Å². The summed E-state index contributed by atoms with van der Waals surface area (Å²) >= 11 is 17.1. The molecule has 5 N–H and O–H groups in total. The lowest BCUT2D eigenvalue weighted by Crippen LogP contribution is -2.68. The first kappa shape index (κ1) is 41.6. The van der Waals surface area contributed by atoms with Gasteiger partial charge < -0.3 is 58.9 Å². The van der Waals surface area contributed by atoms with Crippen LogP contribution in [0.25, 0.3) is 0 Å². The lowest BCUT2D eigenvalue weighted by molar-refractivity contribution is -0.341. The Morgan fingerprint density at radius 3 is 1.83 bits per heavy atom. The molecule has 2 aliphatic rings. The van der Waals surface area contributed by atoms with Gasteiger partial charge in [0.15, 0.2) is 24.8 Å². The van der Waals surface area contributed by atoms with E-state index in [0.29, 0.717) is 0 Å². The summed E-state index contributed by atoms with van der Waals surface area (Å²) in [6.45, 7) is -1.77. The molecule has 0 bridgehead atoms. The molecule has 0 aliphatic carbocycles. The van der Waals surface area contributed by atoms with Crippen molar-refractivity contribution in [2.45, 2.75) is 71.7 Å². The molecule has 0 spiro atoms. The highest BCUT2D eigenvalue weighted by molar-refractivity contribution is 6.67. The van der Waals surface area contributed by atoms with Crippen LogP contribution in [-0.4, -0.2) is 123 Å². The Morgan fingerprint density at radius 2 is 1.28 bits per heavy atom. The van der Waals surface area contributed by atoms with Gasteiger partial charge in [0.05, 0.1) is 30.9 Å². The highest BCUT2D eigenvalue weighted by Crippen LogP contribution is 2.33. The van der Waals surface area contributed by atoms with Crippen LogP contribution >= 0.6 is 34.8 Å². The molecule has 18 heteroatoms. The standard InChI is InChI=1S/C36H38Cl3NO14/c37-36(38,39)19-49-35(47)40-25-27(43)26(42)23(16-41)51-34(25)54-28-24(18-48-17-20-10-4-1-5-11-20)50-33(46)30(53-32(45)22-14-8-3-9-15-22)29(28)52-31(44)21-12-6-2-7-13-21/h1-15,23-30,33-34,41-43,46H,16-19H2,(H,40,47)/t23-,24-,25-,26+,27-,28-,29+,30-,33-,34+/m1/s1. The van der Waals surface area contributed by atoms with Gasteiger partial charge in [-0.05, 0) is 29.8 Å². The van der Waals surface area contributed by atoms with Crippen molar-refractivity contribution in [3.8, 4) is 0 Å². The zero-order valence-electron chi connectivity index (χ0n) is 28.3. The second kappa shape index (κ2) is 19.3. The molecule has 2 saturated heterocycles. The molecule has 5 rings (SSSR count). The first-order valence-corrected chi connectivity index (χ1v) is 17.7. The molecular formula is C36H38Cl3NO14. The maximum atomic E-state index is 13.6. The quantitative estimate of drug-likeness (QED) is 0.0956. The number of alkyl halides is 3. The molecule has 2 heterocycles. The fourth-order valence-electron chi connectivity index (χ4n) is 5.68. The number of rotatable bonds is 13. The monoisotopic (exact) mass is 813 g/mol. The number of halogens is 3. The summed E-state index contributed by atoms with van der Waals surface area (Å²) in [5, 5.41) is 45.5. The van der Waals surface area contributed by atoms with Crippen LogP contribution < -0.4 is 5.32 Å². The van der Waals surface area contributed by atoms with Crippen molar-refractivity contribution in [3.63, 3.8) is 0 Å². The SMILES string of the molecule is O=C(N[C@H]1[C@H](O[C@H]2[C@H](OC(=O)c3ccccc3)[C@@H](OC(=O)c3ccccc3)[C@H](O)O[C@@H]2COCc2ccccc2)O[C@H](CO)[C@H](O)[C@@H]1O)OCC(Cl)(Cl)Cl. The van der Waals surface area contributed by atoms with E-state index in [4.69, 9.17) is 68.0 Å². The van der Waals surface area contributed by atoms with Crippen molar-refractivity contribution in [3.05, 3.63) is 108 Å². The Kier molecular flexibility index (Phi) is 14.9. The van der Waals surface area contributed by atoms with Gasteiger partial charge >= 0.3 is 18.0 Å². The topological polar surface area (TPSA) is 209 Å². The maximum Gasteiger partial charge on any atom is 0.407 e. The molecule has 2 aliphatic heterocycles. The molecule has 0 saturated carbocycles. The number of aliphatic hydroxyl groups excluding tert-OH is 4. The van der Waals surface area contributed by atoms with Gasteiger partial charge in [0.1, 0.15) is 43.2 Å². The molecular weight excluding hydrogens is 777 g/mol. The van der Waals surface area contributed by atoms with Crippen molar-refractivity contribution < 1.29 is 68.0 Å². The second-order valence-electron chi connectivity index (χ2n) is 12.2. The van der Waals surface area contributed by atoms with Crippen molar-refractivity contribution in [1.29, 1.82) is 0 Å². The highest BCUT2D eigenvalue weighted by atomic mass is 35.6. The number of carbonyl (C=O) groups excluding carboxylic acids is 3. The number of hydrogen-bond acceptors (Lipinski definition) is 14. The average Bonchev–Trinajstić information content (AvgIpc) is 3.17. The van der Waals surface area contributed by atoms with E-state index >= 15 is 0 Å². The second-order valence-corrected chi connectivity index (χ2v) is 14.7. The summed E-state index contributed by atoms with van der Waals surface area (Å²) in [6.07, 6.45) is -16.3. The summed E-state index contributed by atoms with van der Waals surface area (Å²) in [4.78, 5) is 39.7. The lowest BCUT2D eigenvalue weighted by Gasteiger charge is -2.47. The van der Waals surface area contributed by atoms with Crippen molar-refractivity contribution in [1.82, 2.24) is 5.32 Å². The zero-order chi connectivity index (χ0) is 38.8. The van der Waals surface area contributed by atoms with Gasteiger partial charge in [-0.15, -0.1) is 0 Å². The first-order chi connectivity index (χ1) is 25.8.